The van der Waals surface area contributed by atoms with Crippen LogP contribution < -0.4 is 5.73 Å². The smallest absolute Gasteiger partial charge is 0.257 e. The van der Waals surface area contributed by atoms with Crippen LogP contribution in [-0.4, -0.2) is 39.5 Å². The standard InChI is InChI=1S/C9H9N9S/c1-17-3-6(2-12-17)19-9-15-7(10)14-8(16-9)18-5-11-4-13-18/h2-5H,1H3,(H2,10,14,15,16). The van der Waals surface area contributed by atoms with Gasteiger partial charge in [-0.3, -0.25) is 4.68 Å². The van der Waals surface area contributed by atoms with Gasteiger partial charge in [0.2, 0.25) is 5.95 Å². The lowest BCUT2D eigenvalue weighted by atomic mass is 10.7. The maximum atomic E-state index is 5.67. The molecule has 0 unspecified atom stereocenters. The average molecular weight is 275 g/mol. The normalized spacial score (nSPS) is 10.8. The van der Waals surface area contributed by atoms with Crippen molar-refractivity contribution in [3.05, 3.63) is 25.0 Å². The van der Waals surface area contributed by atoms with Gasteiger partial charge in [0.1, 0.15) is 12.7 Å². The van der Waals surface area contributed by atoms with Gasteiger partial charge in [0, 0.05) is 13.2 Å². The van der Waals surface area contributed by atoms with Crippen molar-refractivity contribution in [1.82, 2.24) is 39.5 Å². The summed E-state index contributed by atoms with van der Waals surface area (Å²) in [4.78, 5) is 17.1. The van der Waals surface area contributed by atoms with Crippen molar-refractivity contribution in [1.29, 1.82) is 0 Å². The van der Waals surface area contributed by atoms with Gasteiger partial charge in [-0.25, -0.2) is 4.98 Å². The molecule has 0 amide bonds. The summed E-state index contributed by atoms with van der Waals surface area (Å²) in [6, 6.07) is 0. The molecule has 10 heteroatoms. The molecule has 0 saturated heterocycles. The van der Waals surface area contributed by atoms with Gasteiger partial charge >= 0.3 is 0 Å². The predicted octanol–water partition coefficient (Wildman–Crippen LogP) is -0.0808. The molecular formula is C9H9N9S. The van der Waals surface area contributed by atoms with Gasteiger partial charge in [-0.1, -0.05) is 0 Å². The second-order valence-electron chi connectivity index (χ2n) is 3.57. The third kappa shape index (κ3) is 2.52. The van der Waals surface area contributed by atoms with Crippen molar-refractivity contribution < 1.29 is 0 Å². The number of nitrogens with zero attached hydrogens (tertiary/aromatic N) is 8. The predicted molar refractivity (Wildman–Crippen MR) is 66.5 cm³/mol. The summed E-state index contributed by atoms with van der Waals surface area (Å²) in [7, 11) is 1.84. The highest BCUT2D eigenvalue weighted by atomic mass is 32.2. The lowest BCUT2D eigenvalue weighted by molar-refractivity contribution is 0.762. The van der Waals surface area contributed by atoms with Crippen LogP contribution in [-0.2, 0) is 7.05 Å². The van der Waals surface area contributed by atoms with E-state index in [2.05, 4.69) is 30.1 Å². The van der Waals surface area contributed by atoms with E-state index in [-0.39, 0.29) is 5.95 Å². The molecule has 0 bridgehead atoms. The first-order chi connectivity index (χ1) is 9.20. The monoisotopic (exact) mass is 275 g/mol. The maximum Gasteiger partial charge on any atom is 0.257 e. The summed E-state index contributed by atoms with van der Waals surface area (Å²) in [6.45, 7) is 0. The third-order valence-electron chi connectivity index (χ3n) is 2.13. The van der Waals surface area contributed by atoms with E-state index < -0.39 is 0 Å². The Morgan fingerprint density at radius 2 is 2.11 bits per heavy atom. The Hall–Kier alpha value is -2.49. The molecule has 0 aliphatic carbocycles. The number of nitrogen functional groups attached to an aromatic ring is 1. The lowest BCUT2D eigenvalue weighted by Crippen LogP contribution is -2.07. The molecule has 0 aliphatic heterocycles. The van der Waals surface area contributed by atoms with E-state index in [1.807, 2.05) is 13.2 Å². The maximum absolute atomic E-state index is 5.67. The zero-order chi connectivity index (χ0) is 13.2. The van der Waals surface area contributed by atoms with E-state index in [0.29, 0.717) is 11.1 Å². The van der Waals surface area contributed by atoms with Gasteiger partial charge < -0.3 is 5.73 Å². The Morgan fingerprint density at radius 3 is 2.79 bits per heavy atom. The van der Waals surface area contributed by atoms with Crippen LogP contribution in [0.2, 0.25) is 0 Å². The van der Waals surface area contributed by atoms with Crippen molar-refractivity contribution in [2.45, 2.75) is 10.1 Å². The average Bonchev–Trinajstić information content (AvgIpc) is 3.00. The molecule has 0 aliphatic rings. The van der Waals surface area contributed by atoms with Crippen LogP contribution in [0.1, 0.15) is 0 Å². The second-order valence-corrected chi connectivity index (χ2v) is 4.61. The van der Waals surface area contributed by atoms with E-state index in [1.165, 1.54) is 29.1 Å². The summed E-state index contributed by atoms with van der Waals surface area (Å²) in [5.41, 5.74) is 5.67. The number of rotatable bonds is 3. The number of nitrogens with two attached hydrogens (primary N) is 1. The molecule has 2 N–H and O–H groups in total. The zero-order valence-corrected chi connectivity index (χ0v) is 10.7. The van der Waals surface area contributed by atoms with Crippen LogP contribution in [0.15, 0.2) is 35.1 Å². The molecule has 0 spiro atoms. The zero-order valence-electron chi connectivity index (χ0n) is 9.87. The fourth-order valence-electron chi connectivity index (χ4n) is 1.38. The fourth-order valence-corrected chi connectivity index (χ4v) is 2.16. The van der Waals surface area contributed by atoms with E-state index >= 15 is 0 Å². The first kappa shape index (κ1) is 11.6. The summed E-state index contributed by atoms with van der Waals surface area (Å²) < 4.78 is 3.12. The van der Waals surface area contributed by atoms with Gasteiger partial charge in [0.05, 0.1) is 11.1 Å². The number of hydrogen-bond donors (Lipinski definition) is 1. The Morgan fingerprint density at radius 1 is 1.21 bits per heavy atom. The van der Waals surface area contributed by atoms with Crippen molar-refractivity contribution in [2.24, 2.45) is 7.05 Å². The molecule has 0 aromatic carbocycles. The minimum atomic E-state index is 0.131. The summed E-state index contributed by atoms with van der Waals surface area (Å²) in [5, 5.41) is 8.50. The molecule has 0 atom stereocenters. The molecular weight excluding hydrogens is 266 g/mol. The SMILES string of the molecule is Cn1cc(Sc2nc(N)nc(-n3cncn3)n2)cn1. The second kappa shape index (κ2) is 4.65. The Balaban J connectivity index is 1.94. The van der Waals surface area contributed by atoms with Crippen LogP contribution in [0.4, 0.5) is 5.95 Å². The molecule has 0 saturated carbocycles. The van der Waals surface area contributed by atoms with Gasteiger partial charge in [-0.05, 0) is 11.8 Å². The molecule has 0 fully saturated rings. The third-order valence-corrected chi connectivity index (χ3v) is 2.95. The Labute approximate surface area is 111 Å². The minimum Gasteiger partial charge on any atom is -0.368 e. The van der Waals surface area contributed by atoms with Gasteiger partial charge in [0.25, 0.3) is 5.95 Å². The quantitative estimate of drug-likeness (QED) is 0.706. The number of anilines is 1. The van der Waals surface area contributed by atoms with Crippen LogP contribution in [0.5, 0.6) is 0 Å². The molecule has 0 radical (unpaired) electrons. The molecule has 3 heterocycles. The fraction of sp³-hybridized carbons (Fsp3) is 0.111. The lowest BCUT2D eigenvalue weighted by Gasteiger charge is -2.02. The Kier molecular flexibility index (Phi) is 2.83. The van der Waals surface area contributed by atoms with Crippen molar-refractivity contribution >= 4 is 17.7 Å². The number of aryl methyl sites for hydroxylation is 1. The highest BCUT2D eigenvalue weighted by Gasteiger charge is 2.09. The molecule has 96 valence electrons. The highest BCUT2D eigenvalue weighted by Crippen LogP contribution is 2.24. The minimum absolute atomic E-state index is 0.131. The number of hydrogen-bond acceptors (Lipinski definition) is 8. The molecule has 19 heavy (non-hydrogen) atoms. The van der Waals surface area contributed by atoms with Crippen LogP contribution in [0, 0.1) is 0 Å². The van der Waals surface area contributed by atoms with E-state index in [1.54, 1.807) is 10.9 Å². The molecule has 3 aromatic heterocycles. The largest absolute Gasteiger partial charge is 0.368 e. The van der Waals surface area contributed by atoms with Crippen molar-refractivity contribution in [3.8, 4) is 5.95 Å². The first-order valence-corrected chi connectivity index (χ1v) is 6.05. The Bertz CT molecular complexity index is 690. The van der Waals surface area contributed by atoms with E-state index in [0.717, 1.165) is 4.90 Å². The molecule has 3 rings (SSSR count). The summed E-state index contributed by atoms with van der Waals surface area (Å²) in [6.07, 6.45) is 6.47. The van der Waals surface area contributed by atoms with E-state index in [4.69, 9.17) is 5.73 Å². The van der Waals surface area contributed by atoms with Gasteiger partial charge in [-0.2, -0.15) is 29.8 Å². The van der Waals surface area contributed by atoms with Crippen LogP contribution in [0.3, 0.4) is 0 Å². The molecule has 3 aromatic rings. The first-order valence-electron chi connectivity index (χ1n) is 5.24. The van der Waals surface area contributed by atoms with Crippen LogP contribution in [0.25, 0.3) is 5.95 Å². The van der Waals surface area contributed by atoms with Gasteiger partial charge in [0.15, 0.2) is 5.16 Å². The van der Waals surface area contributed by atoms with Crippen LogP contribution >= 0.6 is 11.8 Å². The summed E-state index contributed by atoms with van der Waals surface area (Å²) >= 11 is 1.35. The highest BCUT2D eigenvalue weighted by molar-refractivity contribution is 7.99. The number of aromatic nitrogens is 8. The van der Waals surface area contributed by atoms with Crippen molar-refractivity contribution in [3.63, 3.8) is 0 Å². The van der Waals surface area contributed by atoms with E-state index in [9.17, 15) is 0 Å². The van der Waals surface area contributed by atoms with Crippen molar-refractivity contribution in [2.75, 3.05) is 5.73 Å². The van der Waals surface area contributed by atoms with Gasteiger partial charge in [-0.15, -0.1) is 0 Å². The summed E-state index contributed by atoms with van der Waals surface area (Å²) in [5.74, 6) is 0.461. The topological polar surface area (TPSA) is 113 Å². The molecule has 9 nitrogen and oxygen atoms in total.